The summed E-state index contributed by atoms with van der Waals surface area (Å²) in [6.07, 6.45) is 0. The minimum absolute atomic E-state index is 0.0729. The predicted molar refractivity (Wildman–Crippen MR) is 67.4 cm³/mol. The highest BCUT2D eigenvalue weighted by molar-refractivity contribution is 9.10. The van der Waals surface area contributed by atoms with Gasteiger partial charge < -0.3 is 15.4 Å². The van der Waals surface area contributed by atoms with Gasteiger partial charge in [0, 0.05) is 30.9 Å². The summed E-state index contributed by atoms with van der Waals surface area (Å²) in [6.45, 7) is 1.07. The van der Waals surface area contributed by atoms with Crippen LogP contribution in [0.15, 0.2) is 22.7 Å². The van der Waals surface area contributed by atoms with E-state index in [1.807, 2.05) is 0 Å². The smallest absolute Gasteiger partial charge is 0.254 e. The van der Waals surface area contributed by atoms with Crippen LogP contribution in [0.25, 0.3) is 0 Å². The van der Waals surface area contributed by atoms with Gasteiger partial charge in [-0.3, -0.25) is 4.79 Å². The van der Waals surface area contributed by atoms with E-state index in [1.54, 1.807) is 37.3 Å². The Morgan fingerprint density at radius 2 is 2.25 bits per heavy atom. The molecule has 0 saturated carbocycles. The van der Waals surface area contributed by atoms with E-state index >= 15 is 0 Å². The molecule has 16 heavy (non-hydrogen) atoms. The van der Waals surface area contributed by atoms with E-state index in [4.69, 9.17) is 10.5 Å². The Morgan fingerprint density at radius 1 is 1.56 bits per heavy atom. The fraction of sp³-hybridized carbons (Fsp3) is 0.364. The summed E-state index contributed by atoms with van der Waals surface area (Å²) in [7, 11) is 3.34. The van der Waals surface area contributed by atoms with Crippen LogP contribution in [0.1, 0.15) is 10.4 Å². The number of likely N-dealkylation sites (N-methyl/N-ethyl adjacent to an activating group) is 1. The standard InChI is InChI=1S/C11H15BrN2O2/c1-14(5-6-16-2)11(15)9-7-8(13)3-4-10(9)12/h3-4,7H,5-6,13H2,1-2H3. The van der Waals surface area contributed by atoms with Crippen molar-refractivity contribution >= 4 is 27.5 Å². The van der Waals surface area contributed by atoms with E-state index in [1.165, 1.54) is 0 Å². The van der Waals surface area contributed by atoms with Crippen molar-refractivity contribution in [3.05, 3.63) is 28.2 Å². The first-order valence-corrected chi connectivity index (χ1v) is 5.65. The molecule has 0 aliphatic carbocycles. The Bertz CT molecular complexity index is 382. The molecule has 1 rings (SSSR count). The second-order valence-corrected chi connectivity index (χ2v) is 4.31. The lowest BCUT2D eigenvalue weighted by Gasteiger charge is -2.17. The van der Waals surface area contributed by atoms with Crippen LogP contribution in [0.5, 0.6) is 0 Å². The molecule has 0 radical (unpaired) electrons. The molecule has 0 bridgehead atoms. The van der Waals surface area contributed by atoms with Crippen LogP contribution in [0.4, 0.5) is 5.69 Å². The molecule has 1 amide bonds. The molecule has 1 aromatic carbocycles. The number of halogens is 1. The van der Waals surface area contributed by atoms with Crippen LogP contribution in [0, 0.1) is 0 Å². The van der Waals surface area contributed by atoms with Crippen molar-refractivity contribution in [3.63, 3.8) is 0 Å². The fourth-order valence-electron chi connectivity index (χ4n) is 1.24. The third kappa shape index (κ3) is 3.21. The van der Waals surface area contributed by atoms with Gasteiger partial charge in [-0.25, -0.2) is 0 Å². The van der Waals surface area contributed by atoms with Gasteiger partial charge in [-0.2, -0.15) is 0 Å². The normalized spacial score (nSPS) is 10.2. The molecule has 0 unspecified atom stereocenters. The summed E-state index contributed by atoms with van der Waals surface area (Å²) in [5.41, 5.74) is 6.79. The van der Waals surface area contributed by atoms with Gasteiger partial charge in [0.2, 0.25) is 0 Å². The lowest BCUT2D eigenvalue weighted by molar-refractivity contribution is 0.0743. The first kappa shape index (κ1) is 13.0. The highest BCUT2D eigenvalue weighted by atomic mass is 79.9. The Hall–Kier alpha value is -1.07. The minimum Gasteiger partial charge on any atom is -0.399 e. The number of nitrogens with zero attached hydrogens (tertiary/aromatic N) is 1. The van der Waals surface area contributed by atoms with Gasteiger partial charge in [0.05, 0.1) is 12.2 Å². The number of anilines is 1. The van der Waals surface area contributed by atoms with E-state index < -0.39 is 0 Å². The van der Waals surface area contributed by atoms with Crippen molar-refractivity contribution in [2.24, 2.45) is 0 Å². The predicted octanol–water partition coefficient (Wildman–Crippen LogP) is 1.75. The molecule has 0 atom stereocenters. The van der Waals surface area contributed by atoms with Crippen LogP contribution >= 0.6 is 15.9 Å². The van der Waals surface area contributed by atoms with Gasteiger partial charge in [0.15, 0.2) is 0 Å². The summed E-state index contributed by atoms with van der Waals surface area (Å²) in [5, 5.41) is 0. The Labute approximate surface area is 103 Å². The molecule has 0 aliphatic heterocycles. The maximum atomic E-state index is 12.0. The van der Waals surface area contributed by atoms with Gasteiger partial charge in [-0.1, -0.05) is 0 Å². The molecular weight excluding hydrogens is 272 g/mol. The molecule has 0 fully saturated rings. The number of benzene rings is 1. The number of nitrogen functional groups attached to an aromatic ring is 1. The monoisotopic (exact) mass is 286 g/mol. The number of hydrogen-bond donors (Lipinski definition) is 1. The zero-order valence-corrected chi connectivity index (χ0v) is 11.0. The molecule has 0 aliphatic rings. The Kier molecular flexibility index (Phi) is 4.76. The quantitative estimate of drug-likeness (QED) is 0.858. The molecular formula is C11H15BrN2O2. The summed E-state index contributed by atoms with van der Waals surface area (Å²) < 4.78 is 5.67. The molecule has 0 saturated heterocycles. The maximum absolute atomic E-state index is 12.0. The highest BCUT2D eigenvalue weighted by Crippen LogP contribution is 2.20. The van der Waals surface area contributed by atoms with Gasteiger partial charge in [-0.15, -0.1) is 0 Å². The average Bonchev–Trinajstić information content (AvgIpc) is 2.28. The van der Waals surface area contributed by atoms with Crippen molar-refractivity contribution < 1.29 is 9.53 Å². The molecule has 0 aromatic heterocycles. The second-order valence-electron chi connectivity index (χ2n) is 3.46. The van der Waals surface area contributed by atoms with Gasteiger partial charge >= 0.3 is 0 Å². The van der Waals surface area contributed by atoms with Crippen LogP contribution in [0.3, 0.4) is 0 Å². The van der Waals surface area contributed by atoms with E-state index in [2.05, 4.69) is 15.9 Å². The third-order valence-corrected chi connectivity index (χ3v) is 2.89. The first-order valence-electron chi connectivity index (χ1n) is 4.85. The maximum Gasteiger partial charge on any atom is 0.254 e. The van der Waals surface area contributed by atoms with Crippen LogP contribution in [0.2, 0.25) is 0 Å². The molecule has 88 valence electrons. The minimum atomic E-state index is -0.0729. The average molecular weight is 287 g/mol. The van der Waals surface area contributed by atoms with Crippen LogP contribution in [-0.2, 0) is 4.74 Å². The van der Waals surface area contributed by atoms with Gasteiger partial charge in [-0.05, 0) is 34.1 Å². The van der Waals surface area contributed by atoms with Crippen molar-refractivity contribution in [1.82, 2.24) is 4.90 Å². The summed E-state index contributed by atoms with van der Waals surface area (Å²) in [5.74, 6) is -0.0729. The zero-order chi connectivity index (χ0) is 12.1. The SMILES string of the molecule is COCCN(C)C(=O)c1cc(N)ccc1Br. The first-order chi connectivity index (χ1) is 7.56. The number of methoxy groups -OCH3 is 1. The summed E-state index contributed by atoms with van der Waals surface area (Å²) in [4.78, 5) is 13.6. The third-order valence-electron chi connectivity index (χ3n) is 2.20. The highest BCUT2D eigenvalue weighted by Gasteiger charge is 2.14. The molecule has 1 aromatic rings. The Morgan fingerprint density at radius 3 is 2.88 bits per heavy atom. The van der Waals surface area contributed by atoms with Crippen molar-refractivity contribution in [1.29, 1.82) is 0 Å². The molecule has 4 nitrogen and oxygen atoms in total. The number of amides is 1. The summed E-state index contributed by atoms with van der Waals surface area (Å²) in [6, 6.07) is 5.18. The topological polar surface area (TPSA) is 55.6 Å². The van der Waals surface area contributed by atoms with Crippen LogP contribution < -0.4 is 5.73 Å². The van der Waals surface area contributed by atoms with Crippen LogP contribution in [-0.4, -0.2) is 38.1 Å². The molecule has 2 N–H and O–H groups in total. The van der Waals surface area contributed by atoms with Crippen molar-refractivity contribution in [2.45, 2.75) is 0 Å². The van der Waals surface area contributed by atoms with Gasteiger partial charge in [0.1, 0.15) is 0 Å². The number of hydrogen-bond acceptors (Lipinski definition) is 3. The Balaban J connectivity index is 2.83. The fourth-order valence-corrected chi connectivity index (χ4v) is 1.66. The van der Waals surface area contributed by atoms with E-state index in [9.17, 15) is 4.79 Å². The molecule has 5 heteroatoms. The lowest BCUT2D eigenvalue weighted by atomic mass is 10.2. The number of rotatable bonds is 4. The number of nitrogens with two attached hydrogens (primary N) is 1. The zero-order valence-electron chi connectivity index (χ0n) is 9.37. The number of ether oxygens (including phenoxy) is 1. The van der Waals surface area contributed by atoms with E-state index in [0.717, 1.165) is 4.47 Å². The van der Waals surface area contributed by atoms with E-state index in [0.29, 0.717) is 24.4 Å². The lowest BCUT2D eigenvalue weighted by Crippen LogP contribution is -2.30. The second kappa shape index (κ2) is 5.86. The molecule has 0 heterocycles. The molecule has 0 spiro atoms. The van der Waals surface area contributed by atoms with Crippen molar-refractivity contribution in [3.8, 4) is 0 Å². The number of carbonyl (C=O) groups excluding carboxylic acids is 1. The van der Waals surface area contributed by atoms with Gasteiger partial charge in [0.25, 0.3) is 5.91 Å². The largest absolute Gasteiger partial charge is 0.399 e. The van der Waals surface area contributed by atoms with Crippen molar-refractivity contribution in [2.75, 3.05) is 33.0 Å². The summed E-state index contributed by atoms with van der Waals surface area (Å²) >= 11 is 3.33. The van der Waals surface area contributed by atoms with E-state index in [-0.39, 0.29) is 5.91 Å². The number of carbonyl (C=O) groups is 1.